The van der Waals surface area contributed by atoms with Crippen molar-refractivity contribution in [3.63, 3.8) is 0 Å². The van der Waals surface area contributed by atoms with Crippen LogP contribution in [-0.2, 0) is 30.8 Å². The van der Waals surface area contributed by atoms with Crippen LogP contribution in [0.1, 0.15) is 28.9 Å². The largest absolute Gasteiger partial charge is 0.450 e. The predicted molar refractivity (Wildman–Crippen MR) is 93.2 cm³/mol. The molecule has 0 saturated carbocycles. The van der Waals surface area contributed by atoms with Crippen molar-refractivity contribution in [1.29, 1.82) is 0 Å². The molecule has 5 heterocycles. The average molecular weight is 372 g/mol. The molecule has 0 bridgehead atoms. The second-order valence-corrected chi connectivity index (χ2v) is 7.44. The molecule has 0 saturated heterocycles. The maximum absolute atomic E-state index is 12.7. The summed E-state index contributed by atoms with van der Waals surface area (Å²) in [4.78, 5) is 32.7. The molecule has 3 aromatic heterocycles. The number of aromatic nitrogens is 5. The Morgan fingerprint density at radius 1 is 1.35 bits per heavy atom. The Balaban J connectivity index is 1.61. The van der Waals surface area contributed by atoms with Crippen LogP contribution in [0.5, 0.6) is 0 Å². The molecule has 3 aromatic rings. The molecule has 0 aliphatic carbocycles. The van der Waals surface area contributed by atoms with Crippen LogP contribution in [0.4, 0.5) is 4.79 Å². The second-order valence-electron chi connectivity index (χ2n) is 6.36. The highest BCUT2D eigenvalue weighted by atomic mass is 32.1. The summed E-state index contributed by atoms with van der Waals surface area (Å²) in [5.41, 5.74) is 1.82. The van der Waals surface area contributed by atoms with E-state index in [0.29, 0.717) is 50.4 Å². The van der Waals surface area contributed by atoms with Crippen molar-refractivity contribution in [2.45, 2.75) is 33.0 Å². The van der Waals surface area contributed by atoms with E-state index >= 15 is 0 Å². The summed E-state index contributed by atoms with van der Waals surface area (Å²) < 4.78 is 8.95. The monoisotopic (exact) mass is 372 g/mol. The maximum Gasteiger partial charge on any atom is 0.410 e. The number of hydrogen-bond donors (Lipinski definition) is 0. The number of nitrogens with zero attached hydrogens (tertiary/aromatic N) is 6. The van der Waals surface area contributed by atoms with Gasteiger partial charge in [-0.15, -0.1) is 16.4 Å². The molecule has 0 atom stereocenters. The van der Waals surface area contributed by atoms with E-state index in [1.807, 2.05) is 0 Å². The smallest absolute Gasteiger partial charge is 0.410 e. The fourth-order valence-electron chi connectivity index (χ4n) is 3.64. The molecule has 0 unspecified atom stereocenters. The van der Waals surface area contributed by atoms with Crippen LogP contribution in [0.3, 0.4) is 0 Å². The highest BCUT2D eigenvalue weighted by Crippen LogP contribution is 2.34. The Kier molecular flexibility index (Phi) is 3.36. The lowest BCUT2D eigenvalue weighted by Gasteiger charge is -2.25. The number of thiophene rings is 1. The lowest BCUT2D eigenvalue weighted by molar-refractivity contribution is 0.103. The molecule has 2 aliphatic rings. The molecule has 0 N–H and O–H groups in total. The van der Waals surface area contributed by atoms with E-state index < -0.39 is 0 Å². The summed E-state index contributed by atoms with van der Waals surface area (Å²) in [5, 5.41) is 8.67. The van der Waals surface area contributed by atoms with Gasteiger partial charge in [-0.2, -0.15) is 4.98 Å². The molecule has 0 spiro atoms. The van der Waals surface area contributed by atoms with Gasteiger partial charge in [-0.25, -0.2) is 9.48 Å². The molecule has 0 fully saturated rings. The minimum Gasteiger partial charge on any atom is -0.450 e. The van der Waals surface area contributed by atoms with Crippen molar-refractivity contribution in [1.82, 2.24) is 29.4 Å². The third-order valence-corrected chi connectivity index (χ3v) is 6.11. The molecule has 5 rings (SSSR count). The Bertz CT molecular complexity index is 1100. The van der Waals surface area contributed by atoms with E-state index in [9.17, 15) is 9.59 Å². The number of rotatable bonds is 1. The van der Waals surface area contributed by atoms with Gasteiger partial charge in [0.15, 0.2) is 0 Å². The van der Waals surface area contributed by atoms with Gasteiger partial charge >= 0.3 is 6.09 Å². The lowest BCUT2D eigenvalue weighted by atomic mass is 10.1. The van der Waals surface area contributed by atoms with Crippen LogP contribution in [-0.4, -0.2) is 48.7 Å². The van der Waals surface area contributed by atoms with E-state index in [-0.39, 0.29) is 11.7 Å². The van der Waals surface area contributed by atoms with Crippen molar-refractivity contribution in [3.8, 4) is 0 Å². The van der Waals surface area contributed by atoms with Crippen LogP contribution < -0.4 is 5.56 Å². The van der Waals surface area contributed by atoms with Gasteiger partial charge in [0.1, 0.15) is 17.2 Å². The van der Waals surface area contributed by atoms with Crippen LogP contribution in [0.2, 0.25) is 0 Å². The van der Waals surface area contributed by atoms with Crippen molar-refractivity contribution in [2.75, 3.05) is 13.2 Å². The quantitative estimate of drug-likeness (QED) is 0.494. The zero-order chi connectivity index (χ0) is 17.8. The van der Waals surface area contributed by atoms with Crippen molar-refractivity contribution < 1.29 is 9.53 Å². The van der Waals surface area contributed by atoms with Gasteiger partial charge in [-0.1, -0.05) is 5.21 Å². The number of hydrogen-bond acceptors (Lipinski definition) is 7. The first-order chi connectivity index (χ1) is 12.7. The van der Waals surface area contributed by atoms with Crippen molar-refractivity contribution in [3.05, 3.63) is 38.5 Å². The van der Waals surface area contributed by atoms with Crippen LogP contribution in [0, 0.1) is 0 Å². The Hall–Kier alpha value is -2.75. The zero-order valence-corrected chi connectivity index (χ0v) is 15.0. The van der Waals surface area contributed by atoms with Crippen molar-refractivity contribution in [2.24, 2.45) is 0 Å². The molecule has 26 heavy (non-hydrogen) atoms. The number of fused-ring (bicyclic) bond motifs is 6. The summed E-state index contributed by atoms with van der Waals surface area (Å²) >= 11 is 1.57. The SMILES string of the molecule is CCOC(=O)N1CCc2c(sc3c2c(=O)nc2n3Cc3cnnn3C2)C1. The molecule has 10 heteroatoms. The van der Waals surface area contributed by atoms with Gasteiger partial charge < -0.3 is 14.2 Å². The van der Waals surface area contributed by atoms with E-state index in [0.717, 1.165) is 21.0 Å². The average Bonchev–Trinajstić information content (AvgIpc) is 3.23. The Labute approximate surface area is 151 Å². The van der Waals surface area contributed by atoms with Crippen LogP contribution in [0.25, 0.3) is 10.2 Å². The summed E-state index contributed by atoms with van der Waals surface area (Å²) in [6.07, 6.45) is 2.08. The topological polar surface area (TPSA) is 95.1 Å². The Morgan fingerprint density at radius 3 is 3.08 bits per heavy atom. The lowest BCUT2D eigenvalue weighted by Crippen LogP contribution is -2.36. The second kappa shape index (κ2) is 5.63. The molecular weight excluding hydrogens is 356 g/mol. The van der Waals surface area contributed by atoms with Crippen molar-refractivity contribution >= 4 is 27.6 Å². The van der Waals surface area contributed by atoms with E-state index in [1.54, 1.807) is 34.0 Å². The predicted octanol–water partition coefficient (Wildman–Crippen LogP) is 0.974. The summed E-state index contributed by atoms with van der Waals surface area (Å²) in [6, 6.07) is 0. The number of carbonyl (C=O) groups is 1. The number of amides is 1. The summed E-state index contributed by atoms with van der Waals surface area (Å²) in [6.45, 7) is 4.21. The van der Waals surface area contributed by atoms with Crippen LogP contribution >= 0.6 is 11.3 Å². The van der Waals surface area contributed by atoms with Gasteiger partial charge in [-0.3, -0.25) is 4.79 Å². The first kappa shape index (κ1) is 15.5. The third-order valence-electron chi connectivity index (χ3n) is 4.87. The normalized spacial score (nSPS) is 15.5. The Morgan fingerprint density at radius 2 is 2.23 bits per heavy atom. The van der Waals surface area contributed by atoms with Gasteiger partial charge in [0, 0.05) is 11.4 Å². The minimum atomic E-state index is -0.305. The minimum absolute atomic E-state index is 0.197. The number of carbonyl (C=O) groups excluding carboxylic acids is 1. The highest BCUT2D eigenvalue weighted by Gasteiger charge is 2.29. The molecular formula is C16H16N6O3S. The first-order valence-corrected chi connectivity index (χ1v) is 9.30. The summed E-state index contributed by atoms with van der Waals surface area (Å²) in [7, 11) is 0. The molecule has 1 amide bonds. The van der Waals surface area contributed by atoms with Gasteiger partial charge in [0.05, 0.1) is 37.0 Å². The molecule has 0 aromatic carbocycles. The molecule has 2 aliphatic heterocycles. The summed E-state index contributed by atoms with van der Waals surface area (Å²) in [5.74, 6) is 0.696. The van der Waals surface area contributed by atoms with Gasteiger partial charge in [-0.05, 0) is 18.9 Å². The fourth-order valence-corrected chi connectivity index (χ4v) is 5.01. The highest BCUT2D eigenvalue weighted by molar-refractivity contribution is 7.18. The molecule has 0 radical (unpaired) electrons. The van der Waals surface area contributed by atoms with Gasteiger partial charge in [0.25, 0.3) is 5.56 Å². The maximum atomic E-state index is 12.7. The first-order valence-electron chi connectivity index (χ1n) is 8.48. The number of ether oxygens (including phenoxy) is 1. The van der Waals surface area contributed by atoms with E-state index in [2.05, 4.69) is 19.9 Å². The third kappa shape index (κ3) is 2.18. The standard InChI is InChI=1S/C16H16N6O3S/c1-2-25-16(24)20-4-3-10-11(7-20)26-15-13(10)14(23)18-12-8-22-9(5-17-19-22)6-21(12)15/h5H,2-4,6-8H2,1H3. The molecule has 134 valence electrons. The van der Waals surface area contributed by atoms with Crippen LogP contribution in [0.15, 0.2) is 11.0 Å². The molecule has 9 nitrogen and oxygen atoms in total. The van der Waals surface area contributed by atoms with E-state index in [4.69, 9.17) is 4.74 Å². The van der Waals surface area contributed by atoms with Gasteiger partial charge in [0.2, 0.25) is 0 Å². The fraction of sp³-hybridized carbons (Fsp3) is 0.438. The van der Waals surface area contributed by atoms with E-state index in [1.165, 1.54) is 0 Å². The zero-order valence-electron chi connectivity index (χ0n) is 14.1.